The molecule has 5 nitrogen and oxygen atoms in total. The molecule has 0 saturated heterocycles. The van der Waals surface area contributed by atoms with Crippen molar-refractivity contribution >= 4 is 32.8 Å². The number of benzene rings is 8. The highest BCUT2D eigenvalue weighted by molar-refractivity contribution is 6.09. The topological polar surface area (TPSA) is 35.9 Å². The maximum atomic E-state index is 9.04. The molecule has 0 aliphatic rings. The molecule has 0 amide bonds. The van der Waals surface area contributed by atoms with Crippen molar-refractivity contribution in [1.29, 1.82) is 0 Å². The Morgan fingerprint density at radius 2 is 1.13 bits per heavy atom. The van der Waals surface area contributed by atoms with Gasteiger partial charge in [0.2, 0.25) is 0 Å². The summed E-state index contributed by atoms with van der Waals surface area (Å²) in [4.78, 5) is 4.92. The summed E-state index contributed by atoms with van der Waals surface area (Å²) in [6.07, 6.45) is 3.32. The largest absolute Gasteiger partial charge is 0.457 e. The number of hydrogen-bond donors (Lipinski definition) is 0. The second-order valence-electron chi connectivity index (χ2n) is 16.0. The molecule has 0 N–H and O–H groups in total. The van der Waals surface area contributed by atoms with E-state index in [4.69, 9.17) is 30.3 Å². The third-order valence-corrected chi connectivity index (χ3v) is 11.1. The highest BCUT2D eigenvalue weighted by atomic mass is 16.5. The van der Waals surface area contributed by atoms with Crippen LogP contribution < -0.4 is 9.30 Å². The van der Waals surface area contributed by atoms with Gasteiger partial charge in [-0.05, 0) is 76.2 Å². The molecule has 11 aromatic rings. The molecule has 0 bridgehead atoms. The van der Waals surface area contributed by atoms with E-state index in [1.54, 1.807) is 35.3 Å². The van der Waals surface area contributed by atoms with Crippen LogP contribution in [0, 0.1) is 0 Å². The summed E-state index contributed by atoms with van der Waals surface area (Å²) in [5, 5.41) is 1.86. The Hall–Kier alpha value is -8.02. The Balaban J connectivity index is 1.06. The zero-order valence-electron chi connectivity index (χ0n) is 49.3. The lowest BCUT2D eigenvalue weighted by Gasteiger charge is -2.24. The van der Waals surface area contributed by atoms with Crippen molar-refractivity contribution in [2.24, 2.45) is 0 Å². The van der Waals surface area contributed by atoms with Gasteiger partial charge in [-0.25, -0.2) is 4.98 Å². The summed E-state index contributed by atoms with van der Waals surface area (Å²) in [6, 6.07) is 27.7. The lowest BCUT2D eigenvalue weighted by molar-refractivity contribution is -0.566. The number of nitrogens with zero attached hydrogens (tertiary/aromatic N) is 4. The first-order valence-electron chi connectivity index (χ1n) is 27.8. The average Bonchev–Trinajstić information content (AvgIpc) is 4.01. The number of aromatic nitrogens is 4. The minimum absolute atomic E-state index is 0.0733. The maximum Gasteiger partial charge on any atom is 0.255 e. The molecule has 0 spiro atoms. The van der Waals surface area contributed by atoms with Crippen LogP contribution in [0.3, 0.4) is 0 Å². The number of pyridine rings is 1. The smallest absolute Gasteiger partial charge is 0.255 e. The number of fused-ring (bicyclic) bond motifs is 4. The number of para-hydroxylation sites is 4. The molecule has 3 aromatic heterocycles. The predicted octanol–water partition coefficient (Wildman–Crippen LogP) is 14.5. The standard InChI is InChI=1S/C58H45N4O/c1-58(2,3)51-37-56(59-38-50(51)42-23-11-6-12-24-42)62-52-30-14-13-27-48(52)49-34-33-45(36-55(49)62)63-44-26-17-25-43(35-44)60-39-61(54-32-16-15-31-53(54)60)57-46(40-19-7-4-8-20-40)28-18-29-47(57)41-21-9-5-10-22-41/h4-39H,1-3H3/q+1/i4D,5D,6D,7D,8D,9D,10D,11D,12D,19D,20D,21D,22D,23D,24D. The Bertz CT molecular complexity index is 4200. The van der Waals surface area contributed by atoms with Crippen LogP contribution in [-0.4, -0.2) is 14.1 Å². The van der Waals surface area contributed by atoms with Gasteiger partial charge in [0.15, 0.2) is 11.0 Å². The van der Waals surface area contributed by atoms with Gasteiger partial charge >= 0.3 is 0 Å². The first-order valence-corrected chi connectivity index (χ1v) is 20.3. The minimum Gasteiger partial charge on any atom is -0.457 e. The van der Waals surface area contributed by atoms with Gasteiger partial charge in [0.05, 0.1) is 31.6 Å². The molecule has 302 valence electrons. The molecule has 0 atom stereocenters. The van der Waals surface area contributed by atoms with Crippen molar-refractivity contribution in [3.05, 3.63) is 224 Å². The molecule has 0 aliphatic carbocycles. The molecule has 0 aliphatic heterocycles. The van der Waals surface area contributed by atoms with E-state index in [-0.39, 0.29) is 45.6 Å². The monoisotopic (exact) mass is 828 g/mol. The van der Waals surface area contributed by atoms with E-state index < -0.39 is 84.0 Å². The van der Waals surface area contributed by atoms with E-state index in [9.17, 15) is 0 Å². The lowest BCUT2D eigenvalue weighted by atomic mass is 9.82. The van der Waals surface area contributed by atoms with Crippen molar-refractivity contribution in [2.45, 2.75) is 26.2 Å². The highest BCUT2D eigenvalue weighted by Gasteiger charge is 2.26. The zero-order valence-corrected chi connectivity index (χ0v) is 34.3. The SMILES string of the molecule is [2H]c1c([2H])c([2H])c(-c2cnc(-n3c4ccccc4c4ccc(Oc5cccc(-n6c[n+](-c7c(-c8c([2H])c([2H])c([2H])c([2H])c8[2H])cccc7-c7c([2H])c([2H])c([2H])c([2H])c7[2H])c7ccccc76)c5)cc43)cc2C(C)(C)C)c([2H])c1[2H]. The summed E-state index contributed by atoms with van der Waals surface area (Å²) >= 11 is 0. The molecule has 8 aromatic carbocycles. The molecule has 5 heteroatoms. The fourth-order valence-electron chi connectivity index (χ4n) is 8.34. The van der Waals surface area contributed by atoms with Crippen molar-refractivity contribution < 1.29 is 29.9 Å². The molecular formula is C58H45N4O+. The van der Waals surface area contributed by atoms with Gasteiger partial charge in [-0.3, -0.25) is 4.57 Å². The zero-order chi connectivity index (χ0) is 55.5. The van der Waals surface area contributed by atoms with E-state index in [0.29, 0.717) is 39.6 Å². The average molecular weight is 829 g/mol. The molecule has 0 saturated carbocycles. The number of rotatable bonds is 8. The van der Waals surface area contributed by atoms with Crippen LogP contribution in [-0.2, 0) is 5.41 Å². The van der Waals surface area contributed by atoms with Crippen LogP contribution in [0.5, 0.6) is 11.5 Å². The Labute approximate surface area is 388 Å². The second kappa shape index (κ2) is 15.5. The molecule has 0 unspecified atom stereocenters. The first-order chi connectivity index (χ1) is 37.1. The summed E-state index contributed by atoms with van der Waals surface area (Å²) < 4.78 is 142. The van der Waals surface area contributed by atoms with Crippen LogP contribution in [0.15, 0.2) is 218 Å². The molecule has 11 rings (SSSR count). The fourth-order valence-corrected chi connectivity index (χ4v) is 8.34. The molecular weight excluding hydrogens is 769 g/mol. The third-order valence-electron chi connectivity index (χ3n) is 11.1. The quantitative estimate of drug-likeness (QED) is 0.143. The van der Waals surface area contributed by atoms with Gasteiger partial charge in [0.1, 0.15) is 28.7 Å². The van der Waals surface area contributed by atoms with Gasteiger partial charge in [0, 0.05) is 45.8 Å². The van der Waals surface area contributed by atoms with Crippen LogP contribution >= 0.6 is 0 Å². The fraction of sp³-hybridized carbons (Fsp3) is 0.0690. The first kappa shape index (κ1) is 25.0. The van der Waals surface area contributed by atoms with E-state index in [1.165, 1.54) is 0 Å². The van der Waals surface area contributed by atoms with E-state index in [1.807, 2.05) is 127 Å². The maximum absolute atomic E-state index is 9.04. The van der Waals surface area contributed by atoms with Gasteiger partial charge in [-0.1, -0.05) is 166 Å². The van der Waals surface area contributed by atoms with Crippen LogP contribution in [0.4, 0.5) is 0 Å². The highest BCUT2D eigenvalue weighted by Crippen LogP contribution is 2.39. The van der Waals surface area contributed by atoms with Gasteiger partial charge < -0.3 is 4.74 Å². The summed E-state index contributed by atoms with van der Waals surface area (Å²) in [5.41, 5.74) is 4.37. The predicted molar refractivity (Wildman–Crippen MR) is 258 cm³/mol. The van der Waals surface area contributed by atoms with Crippen molar-refractivity contribution in [3.63, 3.8) is 0 Å². The molecule has 0 radical (unpaired) electrons. The Morgan fingerprint density at radius 3 is 1.81 bits per heavy atom. The summed E-state index contributed by atoms with van der Waals surface area (Å²) in [6.45, 7) is 6.00. The van der Waals surface area contributed by atoms with Gasteiger partial charge in [0.25, 0.3) is 6.33 Å². The van der Waals surface area contributed by atoms with Gasteiger partial charge in [-0.15, -0.1) is 0 Å². The van der Waals surface area contributed by atoms with Gasteiger partial charge in [-0.2, -0.15) is 9.13 Å². The summed E-state index contributed by atoms with van der Waals surface area (Å²) in [5.74, 6) is 1.48. The minimum atomic E-state index is -0.583. The lowest BCUT2D eigenvalue weighted by Crippen LogP contribution is -2.30. The van der Waals surface area contributed by atoms with Crippen molar-refractivity contribution in [1.82, 2.24) is 14.1 Å². The third kappa shape index (κ3) is 6.84. The second-order valence-corrected chi connectivity index (χ2v) is 16.0. The normalized spacial score (nSPS) is 15.1. The van der Waals surface area contributed by atoms with E-state index in [2.05, 4.69) is 0 Å². The molecule has 63 heavy (non-hydrogen) atoms. The van der Waals surface area contributed by atoms with E-state index in [0.717, 1.165) is 27.4 Å². The van der Waals surface area contributed by atoms with Crippen LogP contribution in [0.2, 0.25) is 0 Å². The number of hydrogen-bond acceptors (Lipinski definition) is 2. The Morgan fingerprint density at radius 1 is 0.540 bits per heavy atom. The molecule has 3 heterocycles. The number of imidazole rings is 1. The van der Waals surface area contributed by atoms with Crippen molar-refractivity contribution in [3.8, 4) is 62.1 Å². The molecule has 0 fully saturated rings. The Kier molecular flexibility index (Phi) is 6.15. The van der Waals surface area contributed by atoms with E-state index >= 15 is 0 Å². The van der Waals surface area contributed by atoms with Crippen LogP contribution in [0.25, 0.3) is 83.4 Å². The van der Waals surface area contributed by atoms with Crippen LogP contribution in [0.1, 0.15) is 46.9 Å². The number of ether oxygens (including phenoxy) is 1. The summed E-state index contributed by atoms with van der Waals surface area (Å²) in [7, 11) is 0. The van der Waals surface area contributed by atoms with Crippen molar-refractivity contribution in [2.75, 3.05) is 0 Å².